The molecule has 0 aliphatic carbocycles. The van der Waals surface area contributed by atoms with E-state index in [1.54, 1.807) is 5.38 Å². The van der Waals surface area contributed by atoms with Gasteiger partial charge in [0.15, 0.2) is 10.8 Å². The molecule has 2 amide bonds. The molecule has 3 N–H and O–H groups in total. The average molecular weight is 536 g/mol. The summed E-state index contributed by atoms with van der Waals surface area (Å²) in [5, 5.41) is 19.5. The predicted molar refractivity (Wildman–Crippen MR) is 123 cm³/mol. The maximum atomic E-state index is 12.9. The summed E-state index contributed by atoms with van der Waals surface area (Å²) in [6, 6.07) is -0.906. The maximum Gasteiger partial charge on any atom is 1.00 e. The molecule has 34 heavy (non-hydrogen) atoms. The van der Waals surface area contributed by atoms with Crippen LogP contribution in [0.5, 0.6) is 0 Å². The Kier molecular flexibility index (Phi) is 9.72. The van der Waals surface area contributed by atoms with Gasteiger partial charge in [0.05, 0.1) is 11.7 Å². The Balaban J connectivity index is 0.00000324. The monoisotopic (exact) mass is 535 g/mol. The number of nitrogen functional groups attached to an aromatic ring is 1. The number of rotatable bonds is 8. The Morgan fingerprint density at radius 1 is 1.44 bits per heavy atom. The number of carbonyl (C=O) groups is 3. The molecule has 2 fully saturated rings. The van der Waals surface area contributed by atoms with Crippen molar-refractivity contribution in [3.63, 3.8) is 0 Å². The number of nitrogens with one attached hydrogen (secondary N) is 1. The third kappa shape index (κ3) is 5.74. The third-order valence-corrected chi connectivity index (χ3v) is 8.87. The van der Waals surface area contributed by atoms with E-state index in [0.717, 1.165) is 29.9 Å². The van der Waals surface area contributed by atoms with Gasteiger partial charge in [-0.05, 0) is 18.8 Å². The first-order valence-electron chi connectivity index (χ1n) is 10.1. The number of aromatic nitrogens is 1. The Labute approximate surface area is 230 Å². The van der Waals surface area contributed by atoms with Gasteiger partial charge >= 0.3 is 29.6 Å². The number of anilines is 1. The van der Waals surface area contributed by atoms with Crippen molar-refractivity contribution in [1.29, 1.82) is 0 Å². The van der Waals surface area contributed by atoms with Crippen molar-refractivity contribution >= 4 is 63.5 Å². The van der Waals surface area contributed by atoms with Gasteiger partial charge in [0.2, 0.25) is 0 Å². The minimum absolute atomic E-state index is 0. The van der Waals surface area contributed by atoms with Crippen LogP contribution in [-0.4, -0.2) is 76.6 Å². The number of β-lactam (4-membered cyclic amide) rings is 1. The van der Waals surface area contributed by atoms with Crippen LogP contribution in [0.4, 0.5) is 5.13 Å². The molecule has 0 aromatic carbocycles. The first-order valence-corrected chi connectivity index (χ1v) is 13.0. The number of amides is 2. The van der Waals surface area contributed by atoms with E-state index in [2.05, 4.69) is 15.5 Å². The number of carbonyl (C=O) groups excluding carboxylic acids is 3. The maximum absolute atomic E-state index is 12.9. The number of oxime groups is 1. The van der Waals surface area contributed by atoms with E-state index in [1.807, 2.05) is 0 Å². The molecule has 0 saturated carbocycles. The zero-order valence-corrected chi connectivity index (χ0v) is 23.1. The van der Waals surface area contributed by atoms with Crippen LogP contribution in [0.1, 0.15) is 18.5 Å². The second kappa shape index (κ2) is 12.1. The fourth-order valence-electron chi connectivity index (χ4n) is 3.72. The van der Waals surface area contributed by atoms with Gasteiger partial charge in [-0.1, -0.05) is 5.16 Å². The molecule has 2 atom stereocenters. The standard InChI is InChI=1S/C19H23N5O6S3.Na/c1-29-23-12(10-7-33-19(20)21-10)15(25)22-13-16(26)24-14(18(27)28)11(8-32-17(13)24)31-6-9-2-4-30-5-3-9;/h7,9,13,17H,2-6,8H2,1H3,(H2,20,21)(H,22,25)(H,27,28);/q;+1/p-1/b23-12-;/t13?,17-;/m0./s1. The summed E-state index contributed by atoms with van der Waals surface area (Å²) >= 11 is 3.99. The number of thiazole rings is 1. The molecular formula is C19H22N5NaO6S3. The summed E-state index contributed by atoms with van der Waals surface area (Å²) in [4.78, 5) is 48.1. The molecule has 2 saturated heterocycles. The van der Waals surface area contributed by atoms with E-state index in [1.165, 1.54) is 35.5 Å². The van der Waals surface area contributed by atoms with Crippen molar-refractivity contribution in [1.82, 2.24) is 15.2 Å². The number of fused-ring (bicyclic) bond motifs is 1. The molecular weight excluding hydrogens is 513 g/mol. The van der Waals surface area contributed by atoms with Crippen molar-refractivity contribution in [2.75, 3.05) is 37.6 Å². The van der Waals surface area contributed by atoms with Crippen LogP contribution in [-0.2, 0) is 24.0 Å². The Morgan fingerprint density at radius 3 is 2.79 bits per heavy atom. The number of hydrogen-bond donors (Lipinski definition) is 2. The van der Waals surface area contributed by atoms with Gasteiger partial charge in [-0.25, -0.2) is 4.98 Å². The summed E-state index contributed by atoms with van der Waals surface area (Å²) in [5.74, 6) is -0.958. The number of carboxylic acid groups (broad SMARTS) is 1. The van der Waals surface area contributed by atoms with Crippen molar-refractivity contribution in [2.45, 2.75) is 24.3 Å². The van der Waals surface area contributed by atoms with Gasteiger partial charge < -0.3 is 30.5 Å². The van der Waals surface area contributed by atoms with Gasteiger partial charge in [0.1, 0.15) is 24.2 Å². The van der Waals surface area contributed by atoms with E-state index in [9.17, 15) is 19.5 Å². The Hall–Kier alpha value is -1.29. The van der Waals surface area contributed by atoms with E-state index in [0.29, 0.717) is 29.8 Å². The van der Waals surface area contributed by atoms with Crippen LogP contribution in [0.2, 0.25) is 0 Å². The van der Waals surface area contributed by atoms with Gasteiger partial charge in [0, 0.05) is 35.0 Å². The van der Waals surface area contributed by atoms with Gasteiger partial charge in [0.25, 0.3) is 11.8 Å². The number of hydrogen-bond acceptors (Lipinski definition) is 12. The molecule has 1 aromatic rings. The molecule has 1 aromatic heterocycles. The van der Waals surface area contributed by atoms with Gasteiger partial charge in [-0.15, -0.1) is 34.9 Å². The minimum Gasteiger partial charge on any atom is -0.543 e. The van der Waals surface area contributed by atoms with E-state index < -0.39 is 29.2 Å². The number of nitrogens with two attached hydrogens (primary N) is 1. The molecule has 11 nitrogen and oxygen atoms in total. The second-order valence-electron chi connectivity index (χ2n) is 7.48. The predicted octanol–water partition coefficient (Wildman–Crippen LogP) is -3.40. The number of thioether (sulfide) groups is 2. The van der Waals surface area contributed by atoms with Crippen molar-refractivity contribution < 1.29 is 58.6 Å². The topological polar surface area (TPSA) is 159 Å². The van der Waals surface area contributed by atoms with Crippen LogP contribution < -0.4 is 45.7 Å². The molecule has 15 heteroatoms. The van der Waals surface area contributed by atoms with Crippen LogP contribution in [0.3, 0.4) is 0 Å². The van der Waals surface area contributed by atoms with Crippen LogP contribution >= 0.6 is 34.9 Å². The van der Waals surface area contributed by atoms with Gasteiger partial charge in [-0.3, -0.25) is 14.5 Å². The quantitative estimate of drug-likeness (QED) is 0.149. The fourth-order valence-corrected chi connectivity index (χ4v) is 7.09. The zero-order chi connectivity index (χ0) is 23.5. The summed E-state index contributed by atoms with van der Waals surface area (Å²) in [7, 11) is 1.28. The first-order chi connectivity index (χ1) is 15.9. The van der Waals surface area contributed by atoms with Gasteiger partial charge in [-0.2, -0.15) is 0 Å². The summed E-state index contributed by atoms with van der Waals surface area (Å²) in [6.07, 6.45) is 1.87. The SMILES string of the molecule is CO/N=C(\C(=O)NC1C(=O)N2C(C(=O)[O-])=C(SCC3CCOCC3)CS[C@@H]12)c1csc(N)n1.[Na+]. The van der Waals surface area contributed by atoms with Crippen LogP contribution in [0, 0.1) is 5.92 Å². The summed E-state index contributed by atoms with van der Waals surface area (Å²) in [5.41, 5.74) is 5.62. The molecule has 0 bridgehead atoms. The fraction of sp³-hybridized carbons (Fsp3) is 0.526. The van der Waals surface area contributed by atoms with Crippen molar-refractivity contribution in [2.24, 2.45) is 11.1 Å². The second-order valence-corrected chi connectivity index (χ2v) is 10.6. The number of carboxylic acids is 1. The Bertz CT molecular complexity index is 1010. The Morgan fingerprint density at radius 2 is 2.18 bits per heavy atom. The summed E-state index contributed by atoms with van der Waals surface area (Å²) < 4.78 is 5.37. The summed E-state index contributed by atoms with van der Waals surface area (Å²) in [6.45, 7) is 1.42. The molecule has 178 valence electrons. The van der Waals surface area contributed by atoms with Crippen LogP contribution in [0.15, 0.2) is 21.1 Å². The number of ether oxygens (including phenoxy) is 1. The smallest absolute Gasteiger partial charge is 0.543 e. The molecule has 4 heterocycles. The van der Waals surface area contributed by atoms with Crippen LogP contribution in [0.25, 0.3) is 0 Å². The first kappa shape index (κ1) is 27.3. The number of aliphatic carboxylic acids is 1. The largest absolute Gasteiger partial charge is 1.00 e. The minimum atomic E-state index is -1.40. The molecule has 0 spiro atoms. The normalized spacial score (nSPS) is 23.0. The third-order valence-electron chi connectivity index (χ3n) is 5.41. The van der Waals surface area contributed by atoms with E-state index in [-0.39, 0.29) is 51.8 Å². The van der Waals surface area contributed by atoms with Crippen molar-refractivity contribution in [3.8, 4) is 0 Å². The molecule has 0 radical (unpaired) electrons. The average Bonchev–Trinajstić information content (AvgIpc) is 3.25. The van der Waals surface area contributed by atoms with E-state index in [4.69, 9.17) is 15.3 Å². The molecule has 3 aliphatic rings. The van der Waals surface area contributed by atoms with Crippen molar-refractivity contribution in [3.05, 3.63) is 21.7 Å². The number of nitrogens with zero attached hydrogens (tertiary/aromatic N) is 3. The van der Waals surface area contributed by atoms with E-state index >= 15 is 0 Å². The molecule has 3 aliphatic heterocycles. The molecule has 4 rings (SSSR count). The molecule has 1 unspecified atom stereocenters. The zero-order valence-electron chi connectivity index (χ0n) is 18.6.